The van der Waals surface area contributed by atoms with Crippen LogP contribution in [0.2, 0.25) is 0 Å². The number of hydrogen-bond acceptors (Lipinski definition) is 11. The van der Waals surface area contributed by atoms with E-state index in [1.807, 2.05) is 13.8 Å². The van der Waals surface area contributed by atoms with Crippen LogP contribution >= 0.6 is 0 Å². The number of rotatable bonds is 6. The fourth-order valence-corrected chi connectivity index (χ4v) is 10.5. The van der Waals surface area contributed by atoms with Crippen LogP contribution in [0.5, 0.6) is 0 Å². The average Bonchev–Trinajstić information content (AvgIpc) is 3.29. The molecule has 14 atom stereocenters. The van der Waals surface area contributed by atoms with Crippen LogP contribution in [-0.2, 0) is 38.0 Å². The highest BCUT2D eigenvalue weighted by Crippen LogP contribution is 2.75. The van der Waals surface area contributed by atoms with Gasteiger partial charge in [-0.3, -0.25) is 4.79 Å². The van der Waals surface area contributed by atoms with Crippen LogP contribution in [0.3, 0.4) is 0 Å². The van der Waals surface area contributed by atoms with Crippen LogP contribution in [-0.4, -0.2) is 81.9 Å². The number of carbonyl (C=O) groups excluding carboxylic acids is 3. The molecule has 11 heteroatoms. The van der Waals surface area contributed by atoms with Gasteiger partial charge in [0.05, 0.1) is 22.6 Å². The van der Waals surface area contributed by atoms with Crippen molar-refractivity contribution in [1.82, 2.24) is 0 Å². The minimum Gasteiger partial charge on any atom is -0.459 e. The zero-order valence-electron chi connectivity index (χ0n) is 28.4. The summed E-state index contributed by atoms with van der Waals surface area (Å²) in [6.07, 6.45) is -4.54. The Hall–Kier alpha value is -3.61. The van der Waals surface area contributed by atoms with Crippen molar-refractivity contribution in [1.29, 1.82) is 0 Å². The monoisotopic (exact) mass is 674 g/mol. The number of carbonyl (C=O) groups is 3. The van der Waals surface area contributed by atoms with Crippen LogP contribution in [0, 0.1) is 23.7 Å². The predicted molar refractivity (Wildman–Crippen MR) is 171 cm³/mol. The van der Waals surface area contributed by atoms with Gasteiger partial charge in [-0.1, -0.05) is 56.8 Å². The average molecular weight is 675 g/mol. The SMILES string of the molecule is C=C(C)C1(O)C2OC3(C)OC1C1C(OC(=O)c4ccccc4)C4(C)OC5(C(OC(C)=O)C(C)CC5C1(O3)C2C)C4OC(=O)c1ccccc1. The minimum atomic E-state index is -1.71. The molecule has 4 aliphatic heterocycles. The molecule has 3 aliphatic carbocycles. The summed E-state index contributed by atoms with van der Waals surface area (Å²) >= 11 is 0. The van der Waals surface area contributed by atoms with Crippen molar-refractivity contribution in [3.05, 3.63) is 83.9 Å². The molecule has 4 saturated heterocycles. The molecule has 0 aromatic heterocycles. The third-order valence-electron chi connectivity index (χ3n) is 12.3. The van der Waals surface area contributed by atoms with Gasteiger partial charge < -0.3 is 38.3 Å². The maximum Gasteiger partial charge on any atom is 0.338 e. The Kier molecular flexibility index (Phi) is 6.96. The molecule has 2 aromatic rings. The maximum absolute atomic E-state index is 14.1. The van der Waals surface area contributed by atoms with Gasteiger partial charge in [0.2, 0.25) is 0 Å². The molecule has 4 heterocycles. The smallest absolute Gasteiger partial charge is 0.338 e. The molecule has 0 radical (unpaired) electrons. The van der Waals surface area contributed by atoms with Gasteiger partial charge in [0.1, 0.15) is 35.6 Å². The molecule has 14 unspecified atom stereocenters. The first-order chi connectivity index (χ1) is 23.1. The quantitative estimate of drug-likeness (QED) is 0.266. The fourth-order valence-electron chi connectivity index (χ4n) is 10.5. The van der Waals surface area contributed by atoms with E-state index in [9.17, 15) is 19.5 Å². The summed E-state index contributed by atoms with van der Waals surface area (Å²) in [6, 6.07) is 17.1. The molecule has 7 aliphatic rings. The van der Waals surface area contributed by atoms with E-state index in [1.165, 1.54) is 6.92 Å². The summed E-state index contributed by atoms with van der Waals surface area (Å²) < 4.78 is 46.2. The lowest BCUT2D eigenvalue weighted by atomic mass is 9.51. The molecular weight excluding hydrogens is 632 g/mol. The van der Waals surface area contributed by atoms with Crippen LogP contribution in [0.15, 0.2) is 72.8 Å². The van der Waals surface area contributed by atoms with E-state index in [1.54, 1.807) is 81.4 Å². The third kappa shape index (κ3) is 4.05. The molecular formula is C38H42O11. The van der Waals surface area contributed by atoms with Gasteiger partial charge in [-0.15, -0.1) is 0 Å². The van der Waals surface area contributed by atoms with Crippen molar-refractivity contribution in [2.45, 2.75) is 107 Å². The fraction of sp³-hybridized carbons (Fsp3) is 0.553. The summed E-state index contributed by atoms with van der Waals surface area (Å²) in [6.45, 7) is 14.5. The molecule has 9 rings (SSSR count). The molecule has 0 amide bonds. The maximum atomic E-state index is 14.1. The minimum absolute atomic E-state index is 0.251. The summed E-state index contributed by atoms with van der Waals surface area (Å²) in [4.78, 5) is 40.7. The molecule has 49 heavy (non-hydrogen) atoms. The third-order valence-corrected chi connectivity index (χ3v) is 12.3. The van der Waals surface area contributed by atoms with Crippen molar-refractivity contribution in [2.24, 2.45) is 23.7 Å². The first-order valence-corrected chi connectivity index (χ1v) is 17.0. The van der Waals surface area contributed by atoms with Gasteiger partial charge in [-0.05, 0) is 56.0 Å². The highest BCUT2D eigenvalue weighted by atomic mass is 16.9. The summed E-state index contributed by atoms with van der Waals surface area (Å²) in [5.74, 6) is -5.60. The zero-order valence-corrected chi connectivity index (χ0v) is 28.4. The molecule has 3 saturated carbocycles. The summed E-state index contributed by atoms with van der Waals surface area (Å²) in [5.41, 5.74) is -4.83. The highest BCUT2D eigenvalue weighted by Gasteiger charge is 2.91. The summed E-state index contributed by atoms with van der Waals surface area (Å²) in [5, 5.41) is 12.6. The molecule has 11 nitrogen and oxygen atoms in total. The first-order valence-electron chi connectivity index (χ1n) is 17.0. The van der Waals surface area contributed by atoms with Crippen molar-refractivity contribution in [3.63, 3.8) is 0 Å². The lowest BCUT2D eigenvalue weighted by molar-refractivity contribution is -0.568. The Morgan fingerprint density at radius 2 is 1.37 bits per heavy atom. The second kappa shape index (κ2) is 10.5. The van der Waals surface area contributed by atoms with Crippen LogP contribution in [0.25, 0.3) is 0 Å². The molecule has 260 valence electrons. The van der Waals surface area contributed by atoms with Crippen molar-refractivity contribution in [3.8, 4) is 0 Å². The first kappa shape index (κ1) is 32.6. The number of benzene rings is 2. The van der Waals surface area contributed by atoms with Gasteiger partial charge in [-0.25, -0.2) is 9.59 Å². The molecule has 1 N–H and O–H groups in total. The molecule has 2 spiro atoms. The van der Waals surface area contributed by atoms with Gasteiger partial charge in [0, 0.05) is 25.7 Å². The second-order valence-electron chi connectivity index (χ2n) is 15.1. The summed E-state index contributed by atoms with van der Waals surface area (Å²) in [7, 11) is 0. The van der Waals surface area contributed by atoms with Crippen LogP contribution in [0.1, 0.15) is 68.7 Å². The van der Waals surface area contributed by atoms with E-state index in [0.29, 0.717) is 23.1 Å². The topological polar surface area (TPSA) is 136 Å². The Balaban J connectivity index is 1.37. The van der Waals surface area contributed by atoms with E-state index in [4.69, 9.17) is 33.2 Å². The Morgan fingerprint density at radius 1 is 0.796 bits per heavy atom. The highest BCUT2D eigenvalue weighted by molar-refractivity contribution is 5.90. The standard InChI is InChI=1S/C38H42O11/c1-19(2)36(42)28-21(4)37-25-18-20(3)27(43-22(5)39)38(25)33(45-32(41)24-16-12-9-13-17-24)34(6,48-38)29(44-31(40)23-14-10-8-11-15-23)26(37)30(36)47-35(7,46-28)49-37/h8-17,20-21,25-30,33,42H,1,18H2,2-7H3. The number of fused-ring (bicyclic) bond motifs is 1. The molecule has 7 fully saturated rings. The molecule has 2 aromatic carbocycles. The van der Waals surface area contributed by atoms with Crippen molar-refractivity contribution < 1.29 is 52.6 Å². The van der Waals surface area contributed by atoms with Gasteiger partial charge in [0.25, 0.3) is 5.97 Å². The van der Waals surface area contributed by atoms with E-state index >= 15 is 0 Å². The van der Waals surface area contributed by atoms with Gasteiger partial charge in [0.15, 0.2) is 11.7 Å². The number of esters is 3. The zero-order chi connectivity index (χ0) is 34.9. The normalized spacial score (nSPS) is 46.8. The van der Waals surface area contributed by atoms with E-state index in [0.717, 1.165) is 0 Å². The Labute approximate surface area is 284 Å². The predicted octanol–water partition coefficient (Wildman–Crippen LogP) is 4.37. The number of aliphatic hydroxyl groups is 1. The van der Waals surface area contributed by atoms with E-state index in [-0.39, 0.29) is 5.92 Å². The Morgan fingerprint density at radius 3 is 1.94 bits per heavy atom. The number of ether oxygens (including phenoxy) is 7. The lowest BCUT2D eigenvalue weighted by Gasteiger charge is -2.72. The van der Waals surface area contributed by atoms with Crippen molar-refractivity contribution in [2.75, 3.05) is 0 Å². The lowest BCUT2D eigenvalue weighted by Crippen LogP contribution is -2.86. The molecule has 6 bridgehead atoms. The second-order valence-corrected chi connectivity index (χ2v) is 15.1. The van der Waals surface area contributed by atoms with Crippen LogP contribution < -0.4 is 0 Å². The van der Waals surface area contributed by atoms with E-state index in [2.05, 4.69) is 6.58 Å². The van der Waals surface area contributed by atoms with Gasteiger partial charge >= 0.3 is 17.9 Å². The number of hydrogen-bond donors (Lipinski definition) is 1. The Bertz CT molecular complexity index is 1730. The van der Waals surface area contributed by atoms with E-state index < -0.39 is 94.6 Å². The van der Waals surface area contributed by atoms with Crippen LogP contribution in [0.4, 0.5) is 0 Å². The van der Waals surface area contributed by atoms with Gasteiger partial charge in [-0.2, -0.15) is 0 Å². The largest absolute Gasteiger partial charge is 0.459 e. The van der Waals surface area contributed by atoms with Crippen molar-refractivity contribution >= 4 is 17.9 Å².